The summed E-state index contributed by atoms with van der Waals surface area (Å²) < 4.78 is 22.3. The van der Waals surface area contributed by atoms with E-state index in [1.54, 1.807) is 0 Å². The quantitative estimate of drug-likeness (QED) is 0.745. The van der Waals surface area contributed by atoms with E-state index in [0.717, 1.165) is 6.42 Å². The van der Waals surface area contributed by atoms with Gasteiger partial charge in [0.15, 0.2) is 5.85 Å². The lowest BCUT2D eigenvalue weighted by atomic mass is 9.97. The summed E-state index contributed by atoms with van der Waals surface area (Å²) in [5.41, 5.74) is -0.111. The molecular formula is C9H19O4P. The first-order chi connectivity index (χ1) is 6.40. The molecule has 1 aliphatic rings. The zero-order valence-corrected chi connectivity index (χ0v) is 9.92. The lowest BCUT2D eigenvalue weighted by molar-refractivity contribution is 0.0220. The fraction of sp³-hybridized carbons (Fsp3) is 1.00. The average Bonchev–Trinajstić information content (AvgIpc) is 2.11. The molecular weight excluding hydrogens is 203 g/mol. The molecule has 0 aliphatic carbocycles. The minimum atomic E-state index is -3.25. The molecule has 1 N–H and O–H groups in total. The van der Waals surface area contributed by atoms with E-state index in [2.05, 4.69) is 0 Å². The fourth-order valence-electron chi connectivity index (χ4n) is 1.20. The lowest BCUT2D eigenvalue weighted by Crippen LogP contribution is -2.32. The monoisotopic (exact) mass is 222 g/mol. The van der Waals surface area contributed by atoms with Crippen molar-refractivity contribution in [3.8, 4) is 0 Å². The zero-order valence-electron chi connectivity index (χ0n) is 9.02. The SMILES string of the molecule is CCCC(O)P1(=O)OCC(C)(C)CO1. The average molecular weight is 222 g/mol. The van der Waals surface area contributed by atoms with Crippen LogP contribution in [0.3, 0.4) is 0 Å². The van der Waals surface area contributed by atoms with Crippen molar-refractivity contribution in [1.82, 2.24) is 0 Å². The molecule has 4 nitrogen and oxygen atoms in total. The van der Waals surface area contributed by atoms with Gasteiger partial charge in [-0.3, -0.25) is 4.57 Å². The summed E-state index contributed by atoms with van der Waals surface area (Å²) >= 11 is 0. The van der Waals surface area contributed by atoms with E-state index in [1.165, 1.54) is 0 Å². The van der Waals surface area contributed by atoms with Gasteiger partial charge in [0, 0.05) is 5.41 Å². The summed E-state index contributed by atoms with van der Waals surface area (Å²) in [6.45, 7) is 6.63. The molecule has 14 heavy (non-hydrogen) atoms. The number of rotatable bonds is 3. The zero-order chi connectivity index (χ0) is 10.8. The van der Waals surface area contributed by atoms with Crippen molar-refractivity contribution in [3.05, 3.63) is 0 Å². The van der Waals surface area contributed by atoms with Gasteiger partial charge in [-0.2, -0.15) is 0 Å². The van der Waals surface area contributed by atoms with Crippen molar-refractivity contribution < 1.29 is 18.7 Å². The molecule has 0 saturated carbocycles. The third-order valence-electron chi connectivity index (χ3n) is 2.18. The Morgan fingerprint density at radius 2 is 1.93 bits per heavy atom. The largest absolute Gasteiger partial charge is 0.380 e. The Labute approximate surface area is 85.1 Å². The van der Waals surface area contributed by atoms with E-state index in [9.17, 15) is 9.67 Å². The van der Waals surface area contributed by atoms with Crippen molar-refractivity contribution in [1.29, 1.82) is 0 Å². The molecule has 0 aromatic rings. The third-order valence-corrected chi connectivity index (χ3v) is 4.15. The summed E-state index contributed by atoms with van der Waals surface area (Å²) in [5.74, 6) is -0.969. The second-order valence-corrected chi connectivity index (χ2v) is 6.71. The Bertz CT molecular complexity index is 225. The van der Waals surface area contributed by atoms with Crippen LogP contribution >= 0.6 is 7.60 Å². The molecule has 0 amide bonds. The number of aliphatic hydroxyl groups excluding tert-OH is 1. The highest BCUT2D eigenvalue weighted by molar-refractivity contribution is 7.54. The van der Waals surface area contributed by atoms with Crippen LogP contribution in [0.25, 0.3) is 0 Å². The smallest absolute Gasteiger partial charge is 0.358 e. The lowest BCUT2D eigenvalue weighted by Gasteiger charge is -2.35. The van der Waals surface area contributed by atoms with E-state index >= 15 is 0 Å². The van der Waals surface area contributed by atoms with Crippen LogP contribution in [0.5, 0.6) is 0 Å². The van der Waals surface area contributed by atoms with Crippen LogP contribution in [0.2, 0.25) is 0 Å². The van der Waals surface area contributed by atoms with Crippen LogP contribution in [-0.2, 0) is 13.6 Å². The first-order valence-corrected chi connectivity index (χ1v) is 6.58. The fourth-order valence-corrected chi connectivity index (χ4v) is 3.25. The molecule has 1 atom stereocenters. The van der Waals surface area contributed by atoms with E-state index in [4.69, 9.17) is 9.05 Å². The van der Waals surface area contributed by atoms with Gasteiger partial charge < -0.3 is 14.2 Å². The van der Waals surface area contributed by atoms with Crippen molar-refractivity contribution in [2.45, 2.75) is 39.5 Å². The predicted molar refractivity (Wildman–Crippen MR) is 54.2 cm³/mol. The highest BCUT2D eigenvalue weighted by Gasteiger charge is 2.41. The van der Waals surface area contributed by atoms with Gasteiger partial charge in [-0.25, -0.2) is 0 Å². The number of aliphatic hydroxyl groups is 1. The normalized spacial score (nSPS) is 27.1. The Morgan fingerprint density at radius 1 is 1.43 bits per heavy atom. The number of hydrogen-bond acceptors (Lipinski definition) is 4. The molecule has 1 heterocycles. The van der Waals surface area contributed by atoms with Gasteiger partial charge in [0.05, 0.1) is 13.2 Å². The summed E-state index contributed by atoms with van der Waals surface area (Å²) in [4.78, 5) is 0. The molecule has 0 radical (unpaired) electrons. The highest BCUT2D eigenvalue weighted by Crippen LogP contribution is 2.57. The second-order valence-electron chi connectivity index (χ2n) is 4.52. The van der Waals surface area contributed by atoms with Crippen molar-refractivity contribution >= 4 is 7.60 Å². The van der Waals surface area contributed by atoms with Gasteiger partial charge >= 0.3 is 7.60 Å². The van der Waals surface area contributed by atoms with Gasteiger partial charge in [-0.1, -0.05) is 27.2 Å². The first-order valence-electron chi connectivity index (χ1n) is 4.96. The van der Waals surface area contributed by atoms with Crippen LogP contribution in [-0.4, -0.2) is 24.2 Å². The van der Waals surface area contributed by atoms with Gasteiger partial charge in [-0.05, 0) is 6.42 Å². The Balaban J connectivity index is 2.57. The van der Waals surface area contributed by atoms with Gasteiger partial charge in [0.1, 0.15) is 0 Å². The van der Waals surface area contributed by atoms with Crippen LogP contribution < -0.4 is 0 Å². The van der Waals surface area contributed by atoms with Gasteiger partial charge in [0.2, 0.25) is 0 Å². The van der Waals surface area contributed by atoms with Gasteiger partial charge in [0.25, 0.3) is 0 Å². The molecule has 0 aromatic carbocycles. The van der Waals surface area contributed by atoms with E-state index in [-0.39, 0.29) is 5.41 Å². The number of hydrogen-bond donors (Lipinski definition) is 1. The standard InChI is InChI=1S/C9H19O4P/c1-4-5-8(10)14(11)12-6-9(2,3)7-13-14/h8,10H,4-7H2,1-3H3. The summed E-state index contributed by atoms with van der Waals surface area (Å²) in [6, 6.07) is 0. The molecule has 1 saturated heterocycles. The molecule has 0 spiro atoms. The minimum absolute atomic E-state index is 0.111. The van der Waals surface area contributed by atoms with Crippen molar-refractivity contribution in [2.75, 3.05) is 13.2 Å². The summed E-state index contributed by atoms with van der Waals surface area (Å²) in [7, 11) is -3.25. The van der Waals surface area contributed by atoms with Crippen LogP contribution in [0.1, 0.15) is 33.6 Å². The maximum atomic E-state index is 11.9. The van der Waals surface area contributed by atoms with Crippen molar-refractivity contribution in [3.63, 3.8) is 0 Å². The summed E-state index contributed by atoms with van der Waals surface area (Å²) in [6.07, 6.45) is 1.22. The molecule has 1 fully saturated rings. The molecule has 1 rings (SSSR count). The van der Waals surface area contributed by atoms with E-state index in [0.29, 0.717) is 19.6 Å². The summed E-state index contributed by atoms with van der Waals surface area (Å²) in [5, 5.41) is 9.59. The van der Waals surface area contributed by atoms with Crippen LogP contribution in [0.4, 0.5) is 0 Å². The Kier molecular flexibility index (Phi) is 3.75. The molecule has 0 aromatic heterocycles. The minimum Gasteiger partial charge on any atom is -0.380 e. The second kappa shape index (κ2) is 4.31. The molecule has 84 valence electrons. The van der Waals surface area contributed by atoms with E-state index < -0.39 is 13.4 Å². The maximum Gasteiger partial charge on any atom is 0.358 e. The van der Waals surface area contributed by atoms with Crippen LogP contribution in [0.15, 0.2) is 0 Å². The molecule has 5 heteroatoms. The van der Waals surface area contributed by atoms with Gasteiger partial charge in [-0.15, -0.1) is 0 Å². The molecule has 0 bridgehead atoms. The molecule has 1 aliphatic heterocycles. The highest BCUT2D eigenvalue weighted by atomic mass is 31.2. The molecule has 1 unspecified atom stereocenters. The van der Waals surface area contributed by atoms with Crippen molar-refractivity contribution in [2.24, 2.45) is 5.41 Å². The Hall–Kier alpha value is 0.110. The maximum absolute atomic E-state index is 11.9. The Morgan fingerprint density at radius 3 is 2.36 bits per heavy atom. The third kappa shape index (κ3) is 2.80. The first kappa shape index (κ1) is 12.2. The van der Waals surface area contributed by atoms with E-state index in [1.807, 2.05) is 20.8 Å². The van der Waals surface area contributed by atoms with Crippen LogP contribution in [0, 0.1) is 5.41 Å². The predicted octanol–water partition coefficient (Wildman–Crippen LogP) is 2.37. The topological polar surface area (TPSA) is 55.8 Å².